The molecule has 0 spiro atoms. The Morgan fingerprint density at radius 2 is 2.06 bits per heavy atom. The number of rotatable bonds is 6. The summed E-state index contributed by atoms with van der Waals surface area (Å²) in [5.74, 6) is 1.11. The largest absolute Gasteiger partial charge is 0.388 e. The average Bonchev–Trinajstić information content (AvgIpc) is 2.87. The van der Waals surface area contributed by atoms with Crippen molar-refractivity contribution in [1.29, 1.82) is 0 Å². The molecule has 1 unspecified atom stereocenters. The molecule has 1 atom stereocenters. The standard InChI is InChI=1S/C15H20N2O/c1-2-17-12-11-16-15(17)10-6-9-14(18)13-7-4-3-5-8-13/h3-5,7-8,11-12,14,18H,2,6,9-10H2,1H3. The van der Waals surface area contributed by atoms with Gasteiger partial charge in [0.15, 0.2) is 0 Å². The molecule has 0 fully saturated rings. The van der Waals surface area contributed by atoms with Gasteiger partial charge in [-0.25, -0.2) is 4.98 Å². The first-order chi connectivity index (χ1) is 8.81. The lowest BCUT2D eigenvalue weighted by Gasteiger charge is -2.10. The van der Waals surface area contributed by atoms with Crippen LogP contribution in [-0.2, 0) is 13.0 Å². The molecule has 3 heteroatoms. The van der Waals surface area contributed by atoms with E-state index in [2.05, 4.69) is 16.5 Å². The zero-order valence-corrected chi connectivity index (χ0v) is 10.8. The number of aliphatic hydroxyl groups excluding tert-OH is 1. The van der Waals surface area contributed by atoms with Crippen molar-refractivity contribution >= 4 is 0 Å². The van der Waals surface area contributed by atoms with Crippen molar-refractivity contribution in [2.24, 2.45) is 0 Å². The second-order valence-corrected chi connectivity index (χ2v) is 4.45. The van der Waals surface area contributed by atoms with Crippen LogP contribution in [0.5, 0.6) is 0 Å². The summed E-state index contributed by atoms with van der Waals surface area (Å²) < 4.78 is 2.15. The van der Waals surface area contributed by atoms with Gasteiger partial charge in [-0.2, -0.15) is 0 Å². The molecule has 1 heterocycles. The molecule has 1 N–H and O–H groups in total. The van der Waals surface area contributed by atoms with Gasteiger partial charge in [-0.15, -0.1) is 0 Å². The number of hydrogen-bond donors (Lipinski definition) is 1. The quantitative estimate of drug-likeness (QED) is 0.848. The van der Waals surface area contributed by atoms with Crippen molar-refractivity contribution in [3.8, 4) is 0 Å². The SMILES string of the molecule is CCn1ccnc1CCCC(O)c1ccccc1. The first-order valence-corrected chi connectivity index (χ1v) is 6.54. The fourth-order valence-electron chi connectivity index (χ4n) is 2.15. The number of benzene rings is 1. The molecule has 0 bridgehead atoms. The summed E-state index contributed by atoms with van der Waals surface area (Å²) in [6, 6.07) is 9.83. The molecule has 1 aromatic heterocycles. The van der Waals surface area contributed by atoms with Gasteiger partial charge in [0, 0.05) is 25.4 Å². The summed E-state index contributed by atoms with van der Waals surface area (Å²) in [6.07, 6.45) is 6.13. The van der Waals surface area contributed by atoms with Crippen LogP contribution in [0.2, 0.25) is 0 Å². The molecule has 0 aliphatic rings. The third-order valence-corrected chi connectivity index (χ3v) is 3.20. The normalized spacial score (nSPS) is 12.6. The van der Waals surface area contributed by atoms with Gasteiger partial charge in [0.2, 0.25) is 0 Å². The maximum atomic E-state index is 10.0. The molecule has 0 saturated carbocycles. The number of nitrogens with zero attached hydrogens (tertiary/aromatic N) is 2. The molecule has 2 rings (SSSR count). The van der Waals surface area contributed by atoms with Crippen LogP contribution in [0.25, 0.3) is 0 Å². The van der Waals surface area contributed by atoms with Gasteiger partial charge in [0.25, 0.3) is 0 Å². The Morgan fingerprint density at radius 1 is 1.28 bits per heavy atom. The zero-order chi connectivity index (χ0) is 12.8. The monoisotopic (exact) mass is 244 g/mol. The highest BCUT2D eigenvalue weighted by atomic mass is 16.3. The minimum atomic E-state index is -0.365. The van der Waals surface area contributed by atoms with Crippen LogP contribution in [0.4, 0.5) is 0 Å². The van der Waals surface area contributed by atoms with E-state index in [1.807, 2.05) is 42.7 Å². The minimum absolute atomic E-state index is 0.365. The lowest BCUT2D eigenvalue weighted by Crippen LogP contribution is -2.03. The predicted octanol–water partition coefficient (Wildman–Crippen LogP) is 2.96. The Kier molecular flexibility index (Phi) is 4.53. The summed E-state index contributed by atoms with van der Waals surface area (Å²) >= 11 is 0. The van der Waals surface area contributed by atoms with Gasteiger partial charge in [-0.05, 0) is 25.3 Å². The Balaban J connectivity index is 1.82. The molecule has 96 valence electrons. The van der Waals surface area contributed by atoms with Crippen LogP contribution in [0.1, 0.15) is 37.3 Å². The Labute approximate surface area is 108 Å². The maximum absolute atomic E-state index is 10.0. The molecule has 0 aliphatic heterocycles. The van der Waals surface area contributed by atoms with E-state index >= 15 is 0 Å². The fourth-order valence-corrected chi connectivity index (χ4v) is 2.15. The van der Waals surface area contributed by atoms with E-state index in [4.69, 9.17) is 0 Å². The molecule has 0 amide bonds. The van der Waals surface area contributed by atoms with Gasteiger partial charge in [-0.3, -0.25) is 0 Å². The van der Waals surface area contributed by atoms with E-state index in [-0.39, 0.29) is 6.10 Å². The van der Waals surface area contributed by atoms with Crippen molar-refractivity contribution in [1.82, 2.24) is 9.55 Å². The zero-order valence-electron chi connectivity index (χ0n) is 10.8. The topological polar surface area (TPSA) is 38.0 Å². The smallest absolute Gasteiger partial charge is 0.108 e. The third-order valence-electron chi connectivity index (χ3n) is 3.20. The summed E-state index contributed by atoms with van der Waals surface area (Å²) in [7, 11) is 0. The first-order valence-electron chi connectivity index (χ1n) is 6.54. The average molecular weight is 244 g/mol. The molecule has 0 saturated heterocycles. The molecule has 0 aliphatic carbocycles. The second kappa shape index (κ2) is 6.36. The number of aromatic nitrogens is 2. The highest BCUT2D eigenvalue weighted by Crippen LogP contribution is 2.18. The Bertz CT molecular complexity index is 464. The van der Waals surface area contributed by atoms with E-state index in [9.17, 15) is 5.11 Å². The van der Waals surface area contributed by atoms with Crippen molar-refractivity contribution in [2.45, 2.75) is 38.8 Å². The molecular weight excluding hydrogens is 224 g/mol. The highest BCUT2D eigenvalue weighted by Gasteiger charge is 2.07. The molecule has 18 heavy (non-hydrogen) atoms. The Hall–Kier alpha value is -1.61. The van der Waals surface area contributed by atoms with Crippen molar-refractivity contribution < 1.29 is 5.11 Å². The molecule has 3 nitrogen and oxygen atoms in total. The molecular formula is C15H20N2O. The van der Waals surface area contributed by atoms with Crippen LogP contribution in [0.15, 0.2) is 42.7 Å². The van der Waals surface area contributed by atoms with Crippen LogP contribution in [0.3, 0.4) is 0 Å². The van der Waals surface area contributed by atoms with E-state index in [0.717, 1.165) is 37.2 Å². The maximum Gasteiger partial charge on any atom is 0.108 e. The highest BCUT2D eigenvalue weighted by molar-refractivity contribution is 5.17. The van der Waals surface area contributed by atoms with Gasteiger partial charge in [-0.1, -0.05) is 30.3 Å². The number of aryl methyl sites for hydroxylation is 2. The van der Waals surface area contributed by atoms with E-state index in [1.165, 1.54) is 0 Å². The summed E-state index contributed by atoms with van der Waals surface area (Å²) in [5.41, 5.74) is 0.997. The predicted molar refractivity (Wildman–Crippen MR) is 72.2 cm³/mol. The third kappa shape index (κ3) is 3.20. The molecule has 1 aromatic carbocycles. The van der Waals surface area contributed by atoms with Crippen LogP contribution in [0, 0.1) is 0 Å². The van der Waals surface area contributed by atoms with Crippen LogP contribution >= 0.6 is 0 Å². The Morgan fingerprint density at radius 3 is 2.78 bits per heavy atom. The first kappa shape index (κ1) is 12.8. The van der Waals surface area contributed by atoms with Crippen LogP contribution < -0.4 is 0 Å². The summed E-state index contributed by atoms with van der Waals surface area (Å²) in [5, 5.41) is 10.0. The second-order valence-electron chi connectivity index (χ2n) is 4.45. The van der Waals surface area contributed by atoms with Gasteiger partial charge in [0.1, 0.15) is 5.82 Å². The van der Waals surface area contributed by atoms with E-state index in [0.29, 0.717) is 0 Å². The van der Waals surface area contributed by atoms with Gasteiger partial charge < -0.3 is 9.67 Å². The summed E-state index contributed by atoms with van der Waals surface area (Å²) in [6.45, 7) is 3.07. The number of aliphatic hydroxyl groups is 1. The lowest BCUT2D eigenvalue weighted by molar-refractivity contribution is 0.164. The van der Waals surface area contributed by atoms with E-state index < -0.39 is 0 Å². The van der Waals surface area contributed by atoms with Crippen molar-refractivity contribution in [3.05, 3.63) is 54.1 Å². The van der Waals surface area contributed by atoms with Gasteiger partial charge >= 0.3 is 0 Å². The fraction of sp³-hybridized carbons (Fsp3) is 0.400. The number of hydrogen-bond acceptors (Lipinski definition) is 2. The molecule has 2 aromatic rings. The minimum Gasteiger partial charge on any atom is -0.388 e. The van der Waals surface area contributed by atoms with Crippen molar-refractivity contribution in [3.63, 3.8) is 0 Å². The molecule has 0 radical (unpaired) electrons. The summed E-state index contributed by atoms with van der Waals surface area (Å²) in [4.78, 5) is 4.34. The lowest BCUT2D eigenvalue weighted by atomic mass is 10.0. The van der Waals surface area contributed by atoms with Gasteiger partial charge in [0.05, 0.1) is 6.10 Å². The van der Waals surface area contributed by atoms with Crippen LogP contribution in [-0.4, -0.2) is 14.7 Å². The number of imidazole rings is 1. The van der Waals surface area contributed by atoms with Crippen molar-refractivity contribution in [2.75, 3.05) is 0 Å². The van der Waals surface area contributed by atoms with E-state index in [1.54, 1.807) is 0 Å².